The SMILES string of the molecule is C#CCOCCOCCOCCOCCOCCOCCOCCOCCOCCOCCOCCOCCOCCOCCOCCOCCOCCOCCOCCOCCOCCOCCOCCOCCOCCC(=O)NC.CN.CN. The van der Waals surface area contributed by atoms with Crippen LogP contribution in [0.5, 0.6) is 0 Å². The zero-order valence-corrected chi connectivity index (χ0v) is 52.9. The van der Waals surface area contributed by atoms with Gasteiger partial charge in [-0.3, -0.25) is 4.79 Å². The molecule has 0 unspecified atom stereocenters. The number of nitrogens with one attached hydrogen (secondary N) is 1. The highest BCUT2D eigenvalue weighted by Crippen LogP contribution is 1.92. The molecule has 0 aromatic rings. The number of amides is 1. The van der Waals surface area contributed by atoms with Gasteiger partial charge in [0.25, 0.3) is 0 Å². The number of carbonyl (C=O) groups is 1. The van der Waals surface area contributed by atoms with Gasteiger partial charge in [0.05, 0.1) is 324 Å². The van der Waals surface area contributed by atoms with E-state index in [1.165, 1.54) is 14.1 Å². The molecule has 0 atom stereocenters. The summed E-state index contributed by atoms with van der Waals surface area (Å²) in [4.78, 5) is 11.1. The van der Waals surface area contributed by atoms with Crippen LogP contribution in [0.15, 0.2) is 0 Å². The Kier molecular flexibility index (Phi) is 91.6. The van der Waals surface area contributed by atoms with Gasteiger partial charge in [-0.2, -0.15) is 0 Å². The fraction of sp³-hybridized carbons (Fsp3) is 0.947. The molecule has 0 bridgehead atoms. The van der Waals surface area contributed by atoms with Gasteiger partial charge >= 0.3 is 0 Å². The van der Waals surface area contributed by atoms with Crippen molar-refractivity contribution in [1.29, 1.82) is 0 Å². The summed E-state index contributed by atoms with van der Waals surface area (Å²) in [7, 11) is 4.60. The van der Waals surface area contributed by atoms with Crippen LogP contribution in [-0.4, -0.2) is 357 Å². The van der Waals surface area contributed by atoms with Crippen molar-refractivity contribution in [1.82, 2.24) is 5.32 Å². The summed E-state index contributed by atoms with van der Waals surface area (Å²) < 4.78 is 137. The third kappa shape index (κ3) is 88.4. The van der Waals surface area contributed by atoms with Crippen molar-refractivity contribution < 1.29 is 123 Å². The minimum absolute atomic E-state index is 0.0421. The number of carbonyl (C=O) groups excluding carboxylic acids is 1. The van der Waals surface area contributed by atoms with Gasteiger partial charge in [-0.1, -0.05) is 5.92 Å². The zero-order chi connectivity index (χ0) is 62.7. The molecule has 0 aliphatic rings. The third-order valence-electron chi connectivity index (χ3n) is 9.87. The zero-order valence-electron chi connectivity index (χ0n) is 52.9. The van der Waals surface area contributed by atoms with Crippen molar-refractivity contribution in [3.63, 3.8) is 0 Å². The second kappa shape index (κ2) is 89.4. The number of nitrogens with two attached hydrogens (primary N) is 2. The van der Waals surface area contributed by atoms with Gasteiger partial charge in [-0.25, -0.2) is 0 Å². The molecule has 29 heteroatoms. The summed E-state index contributed by atoms with van der Waals surface area (Å²) in [5.41, 5.74) is 9.00. The standard InChI is InChI=1S/C55H107NO26.2CH5N/c1-3-5-58-7-9-60-11-13-62-15-17-64-19-21-66-23-25-68-27-29-70-31-33-72-35-37-74-39-41-76-43-45-78-47-49-80-51-53-82-54-52-81-50-48-79-46-44-77-42-40-75-38-36-73-34-32-71-30-28-69-26-24-67-22-20-65-18-16-63-14-12-61-10-8-59-6-4-55(57)56-2;2*1-2/h1H,4-54H2,2H3,(H,56,57);2*2H2,1H3. The molecule has 5 N–H and O–H groups in total. The number of hydrogen-bond acceptors (Lipinski definition) is 28. The molecule has 0 saturated carbocycles. The Hall–Kier alpha value is -2.05. The summed E-state index contributed by atoms with van der Waals surface area (Å²) in [5, 5.41) is 2.54. The van der Waals surface area contributed by atoms with Crippen molar-refractivity contribution in [2.45, 2.75) is 6.42 Å². The lowest BCUT2D eigenvalue weighted by Gasteiger charge is -2.09. The largest absolute Gasteiger partial charge is 0.379 e. The van der Waals surface area contributed by atoms with Crippen LogP contribution < -0.4 is 16.8 Å². The van der Waals surface area contributed by atoms with Crippen LogP contribution in [0.1, 0.15) is 6.42 Å². The van der Waals surface area contributed by atoms with E-state index < -0.39 is 0 Å². The molecule has 0 aromatic heterocycles. The smallest absolute Gasteiger partial charge is 0.222 e. The minimum atomic E-state index is -0.0421. The first kappa shape index (κ1) is 88.1. The normalized spacial score (nSPS) is 11.2. The molecule has 0 saturated heterocycles. The summed E-state index contributed by atoms with van der Waals surface area (Å²) >= 11 is 0. The summed E-state index contributed by atoms with van der Waals surface area (Å²) in [6.07, 6.45) is 5.44. The van der Waals surface area contributed by atoms with Crippen LogP contribution in [-0.2, 0) is 123 Å². The van der Waals surface area contributed by atoms with Crippen LogP contribution >= 0.6 is 0 Å². The van der Waals surface area contributed by atoms with E-state index in [-0.39, 0.29) is 5.91 Å². The molecule has 0 aromatic carbocycles. The summed E-state index contributed by atoms with van der Waals surface area (Å²) in [6.45, 7) is 23.9. The van der Waals surface area contributed by atoms with Gasteiger partial charge in [-0.05, 0) is 14.1 Å². The molecule has 0 aliphatic heterocycles. The van der Waals surface area contributed by atoms with Gasteiger partial charge in [0, 0.05) is 13.5 Å². The summed E-state index contributed by atoms with van der Waals surface area (Å²) in [6, 6.07) is 0. The van der Waals surface area contributed by atoms with Crippen molar-refractivity contribution >= 4 is 5.91 Å². The first-order valence-corrected chi connectivity index (χ1v) is 30.0. The molecule has 1 amide bonds. The third-order valence-corrected chi connectivity index (χ3v) is 9.87. The Bertz CT molecular complexity index is 1230. The Balaban J connectivity index is -0.0000168. The lowest BCUT2D eigenvalue weighted by atomic mass is 10.4. The monoisotopic (exact) mass is 1260 g/mol. The van der Waals surface area contributed by atoms with E-state index in [2.05, 4.69) is 22.7 Å². The number of hydrogen-bond donors (Lipinski definition) is 3. The van der Waals surface area contributed by atoms with E-state index in [4.69, 9.17) is 125 Å². The molecule has 0 spiro atoms. The Morgan fingerprint density at radius 3 is 0.442 bits per heavy atom. The van der Waals surface area contributed by atoms with E-state index >= 15 is 0 Å². The first-order valence-electron chi connectivity index (χ1n) is 30.0. The molecule has 0 heterocycles. The van der Waals surface area contributed by atoms with Crippen molar-refractivity contribution in [2.24, 2.45) is 11.5 Å². The van der Waals surface area contributed by atoms with Crippen LogP contribution in [0, 0.1) is 12.3 Å². The molecular formula is C57H117N3O26. The van der Waals surface area contributed by atoms with E-state index in [0.717, 1.165) is 0 Å². The highest BCUT2D eigenvalue weighted by molar-refractivity contribution is 5.75. The first-order chi connectivity index (χ1) is 42.8. The predicted molar refractivity (Wildman–Crippen MR) is 318 cm³/mol. The molecule has 86 heavy (non-hydrogen) atoms. The van der Waals surface area contributed by atoms with Crippen LogP contribution in [0.3, 0.4) is 0 Å². The van der Waals surface area contributed by atoms with Crippen LogP contribution in [0.2, 0.25) is 0 Å². The Morgan fingerprint density at radius 1 is 0.233 bits per heavy atom. The highest BCUT2D eigenvalue weighted by Gasteiger charge is 2.01. The lowest BCUT2D eigenvalue weighted by molar-refractivity contribution is -0.121. The quantitative estimate of drug-likeness (QED) is 0.0502. The minimum Gasteiger partial charge on any atom is -0.379 e. The number of rotatable bonds is 76. The second-order valence-corrected chi connectivity index (χ2v) is 16.4. The van der Waals surface area contributed by atoms with Crippen molar-refractivity contribution in [2.75, 3.05) is 351 Å². The van der Waals surface area contributed by atoms with Crippen LogP contribution in [0.25, 0.3) is 0 Å². The molecule has 0 fully saturated rings. The fourth-order valence-electron chi connectivity index (χ4n) is 5.70. The van der Waals surface area contributed by atoms with Crippen molar-refractivity contribution in [3.8, 4) is 12.3 Å². The average molecular weight is 1260 g/mol. The van der Waals surface area contributed by atoms with E-state index in [9.17, 15) is 4.79 Å². The number of ether oxygens (including phenoxy) is 25. The van der Waals surface area contributed by atoms with Gasteiger partial charge in [-0.15, -0.1) is 6.42 Å². The van der Waals surface area contributed by atoms with Crippen LogP contribution in [0.4, 0.5) is 0 Å². The molecular weight excluding hydrogens is 1140 g/mol. The topological polar surface area (TPSA) is 312 Å². The maximum atomic E-state index is 11.1. The summed E-state index contributed by atoms with van der Waals surface area (Å²) in [5.74, 6) is 2.36. The maximum absolute atomic E-state index is 11.1. The van der Waals surface area contributed by atoms with Crippen molar-refractivity contribution in [3.05, 3.63) is 0 Å². The lowest BCUT2D eigenvalue weighted by Crippen LogP contribution is -2.20. The van der Waals surface area contributed by atoms with E-state index in [1.54, 1.807) is 7.05 Å². The average Bonchev–Trinajstić information content (AvgIpc) is 3.53. The van der Waals surface area contributed by atoms with Gasteiger partial charge in [0.15, 0.2) is 0 Å². The Morgan fingerprint density at radius 2 is 0.337 bits per heavy atom. The Labute approximate surface area is 514 Å². The molecule has 0 radical (unpaired) electrons. The fourth-order valence-corrected chi connectivity index (χ4v) is 5.70. The number of terminal acetylenes is 1. The molecule has 29 nitrogen and oxygen atoms in total. The van der Waals surface area contributed by atoms with Gasteiger partial charge in [0.1, 0.15) is 6.61 Å². The van der Waals surface area contributed by atoms with Gasteiger partial charge in [0.2, 0.25) is 5.91 Å². The maximum Gasteiger partial charge on any atom is 0.222 e. The molecule has 0 aliphatic carbocycles. The predicted octanol–water partition coefficient (Wildman–Crippen LogP) is -0.680. The highest BCUT2D eigenvalue weighted by atomic mass is 16.6. The van der Waals surface area contributed by atoms with E-state index in [1.807, 2.05) is 0 Å². The van der Waals surface area contributed by atoms with E-state index in [0.29, 0.717) is 337 Å². The molecule has 516 valence electrons. The molecule has 0 rings (SSSR count). The van der Waals surface area contributed by atoms with Gasteiger partial charge < -0.3 is 135 Å². The second-order valence-electron chi connectivity index (χ2n) is 16.4.